The predicted octanol–water partition coefficient (Wildman–Crippen LogP) is 4.09. The van der Waals surface area contributed by atoms with Crippen LogP contribution in [-0.4, -0.2) is 43.2 Å². The average molecular weight is 489 g/mol. The second kappa shape index (κ2) is 12.2. The number of benzene rings is 3. The first-order valence-corrected chi connectivity index (χ1v) is 11.0. The van der Waals surface area contributed by atoms with Crippen molar-refractivity contribution in [2.45, 2.75) is 31.5 Å². The maximum Gasteiger partial charge on any atom is 0.573 e. The monoisotopic (exact) mass is 488 g/mol. The highest BCUT2D eigenvalue weighted by atomic mass is 19.4. The molecule has 9 heteroatoms. The number of alkyl halides is 3. The lowest BCUT2D eigenvalue weighted by atomic mass is 10.0. The van der Waals surface area contributed by atoms with E-state index in [1.807, 2.05) is 54.6 Å². The molecule has 0 aliphatic rings. The highest BCUT2D eigenvalue weighted by molar-refractivity contribution is 5.94. The molecule has 0 radical (unpaired) electrons. The summed E-state index contributed by atoms with van der Waals surface area (Å²) >= 11 is 0. The molecule has 0 saturated carbocycles. The van der Waals surface area contributed by atoms with E-state index in [1.54, 1.807) is 7.11 Å². The third kappa shape index (κ3) is 8.62. The minimum Gasteiger partial charge on any atom is -0.497 e. The van der Waals surface area contributed by atoms with Crippen molar-refractivity contribution in [3.63, 3.8) is 0 Å². The Balaban J connectivity index is 1.68. The van der Waals surface area contributed by atoms with Gasteiger partial charge >= 0.3 is 6.36 Å². The molecule has 3 aromatic rings. The van der Waals surface area contributed by atoms with Crippen molar-refractivity contribution in [1.29, 1.82) is 0 Å². The number of carbonyl (C=O) groups excluding carboxylic acids is 1. The summed E-state index contributed by atoms with van der Waals surface area (Å²) < 4.78 is 46.8. The lowest BCUT2D eigenvalue weighted by Crippen LogP contribution is -2.48. The van der Waals surface area contributed by atoms with Crippen LogP contribution in [0.3, 0.4) is 0 Å². The lowest BCUT2D eigenvalue weighted by molar-refractivity contribution is -0.274. The third-order valence-electron chi connectivity index (χ3n) is 5.23. The van der Waals surface area contributed by atoms with Crippen molar-refractivity contribution in [1.82, 2.24) is 10.6 Å². The smallest absolute Gasteiger partial charge is 0.497 e. The molecule has 0 unspecified atom stereocenters. The Kier molecular flexibility index (Phi) is 9.11. The van der Waals surface area contributed by atoms with Gasteiger partial charge in [-0.2, -0.15) is 0 Å². The zero-order chi connectivity index (χ0) is 25.3. The number of rotatable bonds is 11. The normalized spacial score (nSPS) is 13.1. The molecular weight excluding hydrogens is 461 g/mol. The van der Waals surface area contributed by atoms with Crippen molar-refractivity contribution in [3.05, 3.63) is 95.6 Å². The van der Waals surface area contributed by atoms with Gasteiger partial charge in [0, 0.05) is 18.7 Å². The van der Waals surface area contributed by atoms with Crippen molar-refractivity contribution in [2.24, 2.45) is 0 Å². The van der Waals surface area contributed by atoms with Crippen LogP contribution in [0.4, 0.5) is 13.2 Å². The average Bonchev–Trinajstić information content (AvgIpc) is 2.83. The van der Waals surface area contributed by atoms with Crippen LogP contribution in [-0.2, 0) is 13.0 Å². The summed E-state index contributed by atoms with van der Waals surface area (Å²) in [5, 5.41) is 16.8. The Morgan fingerprint density at radius 1 is 0.943 bits per heavy atom. The molecule has 186 valence electrons. The first-order chi connectivity index (χ1) is 16.7. The summed E-state index contributed by atoms with van der Waals surface area (Å²) in [6, 6.07) is 20.9. The third-order valence-corrected chi connectivity index (χ3v) is 5.23. The Labute approximate surface area is 201 Å². The molecule has 6 nitrogen and oxygen atoms in total. The number of amides is 1. The standard InChI is InChI=1S/C26H27F3N2O4/c1-34-21-11-5-9-19(13-21)16-30-17-24(32)23(14-18-7-3-2-4-8-18)31-25(33)20-10-6-12-22(15-20)35-26(27,28)29/h2-13,15,23-24,30,32H,14,16-17H2,1H3,(H,31,33)/t23-,24+/m0/s1. The number of hydrogen-bond donors (Lipinski definition) is 3. The van der Waals surface area contributed by atoms with Crippen LogP contribution in [0.5, 0.6) is 11.5 Å². The molecular formula is C26H27F3N2O4. The molecule has 2 atom stereocenters. The van der Waals surface area contributed by atoms with Crippen molar-refractivity contribution >= 4 is 5.91 Å². The van der Waals surface area contributed by atoms with Gasteiger partial charge in [0.15, 0.2) is 0 Å². The van der Waals surface area contributed by atoms with Crippen LogP contribution in [0.15, 0.2) is 78.9 Å². The van der Waals surface area contributed by atoms with E-state index in [2.05, 4.69) is 15.4 Å². The zero-order valence-corrected chi connectivity index (χ0v) is 19.1. The molecule has 3 N–H and O–H groups in total. The van der Waals surface area contributed by atoms with Crippen molar-refractivity contribution in [3.8, 4) is 11.5 Å². The summed E-state index contributed by atoms with van der Waals surface area (Å²) in [6.45, 7) is 0.642. The maximum atomic E-state index is 12.8. The second-order valence-electron chi connectivity index (χ2n) is 7.90. The molecule has 1 amide bonds. The van der Waals surface area contributed by atoms with Gasteiger partial charge in [0.1, 0.15) is 11.5 Å². The summed E-state index contributed by atoms with van der Waals surface area (Å²) in [7, 11) is 1.58. The first kappa shape index (κ1) is 26.1. The molecule has 3 aromatic carbocycles. The quantitative estimate of drug-likeness (QED) is 0.379. The molecule has 0 heterocycles. The Morgan fingerprint density at radius 3 is 2.34 bits per heavy atom. The van der Waals surface area contributed by atoms with Gasteiger partial charge < -0.3 is 25.2 Å². The van der Waals surface area contributed by atoms with Crippen molar-refractivity contribution in [2.75, 3.05) is 13.7 Å². The summed E-state index contributed by atoms with van der Waals surface area (Å²) in [5.74, 6) is -0.397. The van der Waals surface area contributed by atoms with E-state index in [1.165, 1.54) is 12.1 Å². The largest absolute Gasteiger partial charge is 0.573 e. The van der Waals surface area contributed by atoms with Crippen LogP contribution in [0.1, 0.15) is 21.5 Å². The SMILES string of the molecule is COc1cccc(CNC[C@@H](O)[C@H](Cc2ccccc2)NC(=O)c2cccc(OC(F)(F)F)c2)c1. The zero-order valence-electron chi connectivity index (χ0n) is 19.1. The number of hydrogen-bond acceptors (Lipinski definition) is 5. The summed E-state index contributed by atoms with van der Waals surface area (Å²) in [5.41, 5.74) is 1.84. The fraction of sp³-hybridized carbons (Fsp3) is 0.269. The topological polar surface area (TPSA) is 79.8 Å². The number of ether oxygens (including phenoxy) is 2. The van der Waals surface area contributed by atoms with Gasteiger partial charge in [-0.3, -0.25) is 4.79 Å². The number of aliphatic hydroxyl groups excluding tert-OH is 1. The molecule has 3 rings (SSSR count). The highest BCUT2D eigenvalue weighted by Gasteiger charge is 2.31. The minimum atomic E-state index is -4.87. The molecule has 0 aliphatic carbocycles. The molecule has 0 aliphatic heterocycles. The number of aliphatic hydroxyl groups is 1. The number of carbonyl (C=O) groups is 1. The van der Waals surface area contributed by atoms with E-state index < -0.39 is 30.2 Å². The van der Waals surface area contributed by atoms with E-state index >= 15 is 0 Å². The maximum absolute atomic E-state index is 12.8. The van der Waals surface area contributed by atoms with E-state index in [-0.39, 0.29) is 12.1 Å². The van der Waals surface area contributed by atoms with E-state index in [4.69, 9.17) is 4.74 Å². The van der Waals surface area contributed by atoms with Gasteiger partial charge in [0.05, 0.1) is 19.3 Å². The van der Waals surface area contributed by atoms with Gasteiger partial charge in [-0.25, -0.2) is 0 Å². The first-order valence-electron chi connectivity index (χ1n) is 11.0. The fourth-order valence-corrected chi connectivity index (χ4v) is 3.53. The number of halogens is 3. The Bertz CT molecular complexity index is 1090. The van der Waals surface area contributed by atoms with E-state index in [9.17, 15) is 23.1 Å². The highest BCUT2D eigenvalue weighted by Crippen LogP contribution is 2.23. The molecule has 35 heavy (non-hydrogen) atoms. The second-order valence-corrected chi connectivity index (χ2v) is 7.90. The van der Waals surface area contributed by atoms with E-state index in [0.29, 0.717) is 13.0 Å². The van der Waals surface area contributed by atoms with Crippen LogP contribution in [0.2, 0.25) is 0 Å². The van der Waals surface area contributed by atoms with Gasteiger partial charge in [-0.1, -0.05) is 48.5 Å². The van der Waals surface area contributed by atoms with Gasteiger partial charge in [0.2, 0.25) is 0 Å². The fourth-order valence-electron chi connectivity index (χ4n) is 3.53. The van der Waals surface area contributed by atoms with Crippen LogP contribution >= 0.6 is 0 Å². The van der Waals surface area contributed by atoms with Gasteiger partial charge in [0.25, 0.3) is 5.91 Å². The molecule has 0 spiro atoms. The Morgan fingerprint density at radius 2 is 1.63 bits per heavy atom. The summed E-state index contributed by atoms with van der Waals surface area (Å²) in [6.07, 6.45) is -5.51. The Hall–Kier alpha value is -3.56. The van der Waals surface area contributed by atoms with Crippen LogP contribution < -0.4 is 20.1 Å². The number of nitrogens with one attached hydrogen (secondary N) is 2. The molecule has 0 saturated heterocycles. The predicted molar refractivity (Wildman–Crippen MR) is 125 cm³/mol. The minimum absolute atomic E-state index is 0.0126. The summed E-state index contributed by atoms with van der Waals surface area (Å²) in [4.78, 5) is 12.8. The number of methoxy groups -OCH3 is 1. The lowest BCUT2D eigenvalue weighted by Gasteiger charge is -2.25. The van der Waals surface area contributed by atoms with Crippen LogP contribution in [0.25, 0.3) is 0 Å². The molecule has 0 bridgehead atoms. The van der Waals surface area contributed by atoms with Crippen LogP contribution in [0, 0.1) is 0 Å². The van der Waals surface area contributed by atoms with Gasteiger partial charge in [-0.15, -0.1) is 13.2 Å². The van der Waals surface area contributed by atoms with Crippen molar-refractivity contribution < 1.29 is 32.5 Å². The van der Waals surface area contributed by atoms with E-state index in [0.717, 1.165) is 29.0 Å². The van der Waals surface area contributed by atoms with Gasteiger partial charge in [-0.05, 0) is 47.9 Å². The molecule has 0 aromatic heterocycles. The molecule has 0 fully saturated rings.